The highest BCUT2D eigenvalue weighted by atomic mass is 16.6. The van der Waals surface area contributed by atoms with Gasteiger partial charge in [-0.3, -0.25) is 5.21 Å². The predicted molar refractivity (Wildman–Crippen MR) is 96.1 cm³/mol. The Hall–Kier alpha value is -0.770. The van der Waals surface area contributed by atoms with Gasteiger partial charge < -0.3 is 5.11 Å². The molecule has 0 saturated heterocycles. The van der Waals surface area contributed by atoms with E-state index in [0.717, 1.165) is 19.3 Å². The summed E-state index contributed by atoms with van der Waals surface area (Å²) in [5.74, 6) is 0. The van der Waals surface area contributed by atoms with Gasteiger partial charge >= 0.3 is 6.09 Å². The van der Waals surface area contributed by atoms with Gasteiger partial charge in [0, 0.05) is 0 Å². The zero-order valence-corrected chi connectivity index (χ0v) is 15.3. The molecule has 0 aromatic rings. The van der Waals surface area contributed by atoms with E-state index in [1.165, 1.54) is 83.5 Å². The molecule has 2 N–H and O–H groups in total. The van der Waals surface area contributed by atoms with Crippen molar-refractivity contribution in [1.29, 1.82) is 0 Å². The largest absolute Gasteiger partial charge is 0.463 e. The molecule has 0 aromatic heterocycles. The fourth-order valence-electron chi connectivity index (χ4n) is 2.91. The molecule has 4 nitrogen and oxygen atoms in total. The number of amides is 1. The van der Waals surface area contributed by atoms with Crippen LogP contribution in [0.15, 0.2) is 0 Å². The predicted octanol–water partition coefficient (Wildman–Crippen LogP) is 6.62. The van der Waals surface area contributed by atoms with Crippen LogP contribution >= 0.6 is 0 Å². The Morgan fingerprint density at radius 1 is 0.652 bits per heavy atom. The van der Waals surface area contributed by atoms with E-state index in [9.17, 15) is 4.79 Å². The zero-order chi connectivity index (χ0) is 17.2. The summed E-state index contributed by atoms with van der Waals surface area (Å²) in [4.78, 5) is 10.4. The smallest absolute Gasteiger partial charge is 0.431 e. The Kier molecular flexibility index (Phi) is 17.0. The Balaban J connectivity index is 3.04. The highest BCUT2D eigenvalue weighted by Crippen LogP contribution is 2.13. The van der Waals surface area contributed by atoms with E-state index in [-0.39, 0.29) is 6.54 Å². The van der Waals surface area contributed by atoms with E-state index < -0.39 is 6.09 Å². The van der Waals surface area contributed by atoms with Crippen LogP contribution in [-0.4, -0.2) is 28.0 Å². The SMILES string of the molecule is CCCCCCCCCCCCCCCCCCN(O)C(=O)O. The van der Waals surface area contributed by atoms with Crippen LogP contribution in [0.2, 0.25) is 0 Å². The minimum atomic E-state index is -1.26. The molecule has 0 heterocycles. The molecule has 138 valence electrons. The van der Waals surface area contributed by atoms with Gasteiger partial charge in [0.15, 0.2) is 0 Å². The summed E-state index contributed by atoms with van der Waals surface area (Å²) in [5.41, 5.74) is 0. The third kappa shape index (κ3) is 17.4. The number of carbonyl (C=O) groups is 1. The van der Waals surface area contributed by atoms with E-state index in [4.69, 9.17) is 10.3 Å². The van der Waals surface area contributed by atoms with Crippen LogP contribution in [0, 0.1) is 0 Å². The van der Waals surface area contributed by atoms with Crippen LogP contribution in [-0.2, 0) is 0 Å². The normalized spacial score (nSPS) is 10.9. The summed E-state index contributed by atoms with van der Waals surface area (Å²) >= 11 is 0. The van der Waals surface area contributed by atoms with Crippen molar-refractivity contribution < 1.29 is 15.1 Å². The second-order valence-electron chi connectivity index (χ2n) is 6.71. The summed E-state index contributed by atoms with van der Waals surface area (Å²) < 4.78 is 0. The summed E-state index contributed by atoms with van der Waals surface area (Å²) in [6.45, 7) is 2.50. The van der Waals surface area contributed by atoms with Crippen molar-refractivity contribution in [2.75, 3.05) is 6.54 Å². The van der Waals surface area contributed by atoms with Gasteiger partial charge in [-0.05, 0) is 6.42 Å². The first-order valence-corrected chi connectivity index (χ1v) is 9.87. The van der Waals surface area contributed by atoms with E-state index in [2.05, 4.69) is 6.92 Å². The van der Waals surface area contributed by atoms with Crippen LogP contribution in [0.5, 0.6) is 0 Å². The molecule has 0 fully saturated rings. The van der Waals surface area contributed by atoms with Gasteiger partial charge in [-0.25, -0.2) is 4.79 Å². The number of unbranched alkanes of at least 4 members (excludes halogenated alkanes) is 15. The topological polar surface area (TPSA) is 60.8 Å². The molecule has 0 saturated carbocycles. The lowest BCUT2D eigenvalue weighted by Gasteiger charge is -2.09. The fraction of sp³-hybridized carbons (Fsp3) is 0.947. The van der Waals surface area contributed by atoms with Crippen molar-refractivity contribution in [2.45, 2.75) is 110 Å². The molecule has 23 heavy (non-hydrogen) atoms. The summed E-state index contributed by atoms with van der Waals surface area (Å²) in [6.07, 6.45) is 19.5. The molecule has 0 aliphatic rings. The number of hydrogen-bond donors (Lipinski definition) is 2. The Bertz CT molecular complexity index is 259. The number of hydrogen-bond acceptors (Lipinski definition) is 2. The number of hydroxylamine groups is 2. The molecule has 0 aliphatic carbocycles. The van der Waals surface area contributed by atoms with E-state index in [1.807, 2.05) is 0 Å². The standard InChI is InChI=1S/C19H39NO3/c1-2-3-4-5-6-7-8-9-10-11-12-13-14-15-16-17-18-20(23)19(21)22/h23H,2-18H2,1H3,(H,21,22). The van der Waals surface area contributed by atoms with Crippen molar-refractivity contribution in [1.82, 2.24) is 5.06 Å². The zero-order valence-electron chi connectivity index (χ0n) is 15.3. The highest BCUT2D eigenvalue weighted by Gasteiger charge is 2.05. The molecule has 0 rings (SSSR count). The third-order valence-electron chi connectivity index (χ3n) is 4.44. The quantitative estimate of drug-likeness (QED) is 0.179. The molecule has 0 aliphatic heterocycles. The maximum atomic E-state index is 10.4. The molecular formula is C19H39NO3. The van der Waals surface area contributed by atoms with Crippen molar-refractivity contribution in [2.24, 2.45) is 0 Å². The van der Waals surface area contributed by atoms with Gasteiger partial charge in [0.05, 0.1) is 6.54 Å². The molecular weight excluding hydrogens is 290 g/mol. The Morgan fingerprint density at radius 3 is 1.26 bits per heavy atom. The number of rotatable bonds is 17. The summed E-state index contributed by atoms with van der Waals surface area (Å²) in [7, 11) is 0. The maximum Gasteiger partial charge on any atom is 0.431 e. The number of carboxylic acid groups (broad SMARTS) is 1. The monoisotopic (exact) mass is 329 g/mol. The second kappa shape index (κ2) is 17.6. The van der Waals surface area contributed by atoms with Crippen LogP contribution < -0.4 is 0 Å². The van der Waals surface area contributed by atoms with Crippen LogP contribution in [0.4, 0.5) is 4.79 Å². The van der Waals surface area contributed by atoms with Crippen molar-refractivity contribution in [3.8, 4) is 0 Å². The summed E-state index contributed by atoms with van der Waals surface area (Å²) in [5, 5.41) is 17.8. The lowest BCUT2D eigenvalue weighted by molar-refractivity contribution is -0.0645. The van der Waals surface area contributed by atoms with Gasteiger partial charge in [0.1, 0.15) is 0 Å². The molecule has 0 radical (unpaired) electrons. The van der Waals surface area contributed by atoms with Crippen molar-refractivity contribution in [3.63, 3.8) is 0 Å². The first-order valence-electron chi connectivity index (χ1n) is 9.87. The maximum absolute atomic E-state index is 10.4. The van der Waals surface area contributed by atoms with Gasteiger partial charge in [-0.15, -0.1) is 0 Å². The molecule has 0 bridgehead atoms. The van der Waals surface area contributed by atoms with Crippen LogP contribution in [0.1, 0.15) is 110 Å². The fourth-order valence-corrected chi connectivity index (χ4v) is 2.91. The molecule has 4 heteroatoms. The van der Waals surface area contributed by atoms with E-state index >= 15 is 0 Å². The molecule has 0 unspecified atom stereocenters. The molecule has 0 aromatic carbocycles. The first kappa shape index (κ1) is 22.2. The van der Waals surface area contributed by atoms with Crippen LogP contribution in [0.25, 0.3) is 0 Å². The van der Waals surface area contributed by atoms with E-state index in [0.29, 0.717) is 5.06 Å². The first-order chi connectivity index (χ1) is 11.2. The molecule has 0 atom stereocenters. The molecule has 1 amide bonds. The van der Waals surface area contributed by atoms with Crippen LogP contribution in [0.3, 0.4) is 0 Å². The van der Waals surface area contributed by atoms with E-state index in [1.54, 1.807) is 0 Å². The minimum Gasteiger partial charge on any atom is -0.463 e. The lowest BCUT2D eigenvalue weighted by Crippen LogP contribution is -2.26. The minimum absolute atomic E-state index is 0.230. The third-order valence-corrected chi connectivity index (χ3v) is 4.44. The Labute approximate surface area is 143 Å². The average molecular weight is 330 g/mol. The molecule has 0 spiro atoms. The average Bonchev–Trinajstić information content (AvgIpc) is 2.54. The van der Waals surface area contributed by atoms with Gasteiger partial charge in [-0.1, -0.05) is 103 Å². The second-order valence-corrected chi connectivity index (χ2v) is 6.71. The summed E-state index contributed by atoms with van der Waals surface area (Å²) in [6, 6.07) is 0. The van der Waals surface area contributed by atoms with Crippen molar-refractivity contribution in [3.05, 3.63) is 0 Å². The van der Waals surface area contributed by atoms with Gasteiger partial charge in [0.2, 0.25) is 0 Å². The Morgan fingerprint density at radius 2 is 0.957 bits per heavy atom. The van der Waals surface area contributed by atoms with Gasteiger partial charge in [0.25, 0.3) is 0 Å². The lowest BCUT2D eigenvalue weighted by atomic mass is 10.0. The van der Waals surface area contributed by atoms with Crippen molar-refractivity contribution >= 4 is 6.09 Å². The number of nitrogens with zero attached hydrogens (tertiary/aromatic N) is 1. The van der Waals surface area contributed by atoms with Gasteiger partial charge in [-0.2, -0.15) is 5.06 Å². The highest BCUT2D eigenvalue weighted by molar-refractivity contribution is 5.63.